The van der Waals surface area contributed by atoms with Gasteiger partial charge >= 0.3 is 0 Å². The van der Waals surface area contributed by atoms with E-state index in [9.17, 15) is 0 Å². The van der Waals surface area contributed by atoms with Gasteiger partial charge in [-0.25, -0.2) is 24.9 Å². The van der Waals surface area contributed by atoms with Crippen LogP contribution in [0, 0.1) is 0 Å². The Balaban J connectivity index is 0.896. The number of hydrogen-bond acceptors (Lipinski definition) is 7. The molecule has 0 N–H and O–H groups in total. The van der Waals surface area contributed by atoms with Crippen LogP contribution in [-0.2, 0) is 5.41 Å². The molecule has 0 atom stereocenters. The Kier molecular flexibility index (Phi) is 13.0. The first-order valence-electron chi connectivity index (χ1n) is 31.4. The molecule has 5 heterocycles. The number of hydrogen-bond donors (Lipinski definition) is 0. The van der Waals surface area contributed by atoms with E-state index < -0.39 is 0 Å². The van der Waals surface area contributed by atoms with Crippen LogP contribution in [-0.4, -0.2) is 36.2 Å². The van der Waals surface area contributed by atoms with Crippen LogP contribution in [0.4, 0.5) is 34.1 Å². The van der Waals surface area contributed by atoms with Gasteiger partial charge < -0.3 is 14.4 Å². The third-order valence-corrected chi connectivity index (χ3v) is 18.2. The van der Waals surface area contributed by atoms with Gasteiger partial charge in [0.2, 0.25) is 0 Å². The van der Waals surface area contributed by atoms with Gasteiger partial charge in [-0.3, -0.25) is 0 Å². The van der Waals surface area contributed by atoms with Crippen molar-refractivity contribution in [2.75, 3.05) is 9.80 Å². The fourth-order valence-electron chi connectivity index (χ4n) is 13.8. The molecule has 9 heteroatoms. The standard InChI is InChI=1S/C83H59BN8/c1-83(2,3)61-45-47-72-65(52-61)64-38-19-22-41-71(64)92(72)73-46-44-59(80-85-69(54-26-9-4-10-27-54)53-70(86-80)55-28-11-5-12-29-55)49-66(73)82-88-79(56-30-13-6-14-31-56)87-81(89-82)58-33-25-32-57(48-58)60-50-76-78-77(51-60)91(63-36-17-8-18-37-63)75-43-24-21-40-68(75)84(78)67-39-20-23-42-74(67)90(76)62-34-15-7-16-35-62/h4-53H,1-3H3. The number of anilines is 6. The second-order valence-corrected chi connectivity index (χ2v) is 24.8. The maximum atomic E-state index is 5.66. The lowest BCUT2D eigenvalue weighted by Crippen LogP contribution is -2.61. The normalized spacial score (nSPS) is 12.4. The van der Waals surface area contributed by atoms with Crippen molar-refractivity contribution >= 4 is 79.0 Å². The lowest BCUT2D eigenvalue weighted by Gasteiger charge is -2.44. The quantitative estimate of drug-likeness (QED) is 0.126. The average molecular weight is 1180 g/mol. The van der Waals surface area contributed by atoms with Crippen molar-refractivity contribution in [3.63, 3.8) is 0 Å². The minimum Gasteiger partial charge on any atom is -0.311 e. The summed E-state index contributed by atoms with van der Waals surface area (Å²) >= 11 is 0. The van der Waals surface area contributed by atoms with Crippen LogP contribution in [0.3, 0.4) is 0 Å². The van der Waals surface area contributed by atoms with Crippen LogP contribution in [0.2, 0.25) is 0 Å². The molecule has 0 bridgehead atoms. The topological polar surface area (TPSA) is 75.9 Å². The van der Waals surface area contributed by atoms with Crippen LogP contribution in [0.15, 0.2) is 303 Å². The molecule has 434 valence electrons. The van der Waals surface area contributed by atoms with E-state index in [0.29, 0.717) is 23.3 Å². The molecule has 0 unspecified atom stereocenters. The van der Waals surface area contributed by atoms with E-state index in [4.69, 9.17) is 24.9 Å². The van der Waals surface area contributed by atoms with E-state index in [2.05, 4.69) is 308 Å². The number of fused-ring (bicyclic) bond motifs is 7. The Labute approximate surface area is 535 Å². The summed E-state index contributed by atoms with van der Waals surface area (Å²) in [6.45, 7) is 6.81. The molecule has 2 aliphatic rings. The molecule has 0 spiro atoms. The van der Waals surface area contributed by atoms with Gasteiger partial charge in [0, 0.05) is 78.3 Å². The maximum Gasteiger partial charge on any atom is 0.252 e. The van der Waals surface area contributed by atoms with Gasteiger partial charge in [-0.1, -0.05) is 227 Å². The van der Waals surface area contributed by atoms with Crippen molar-refractivity contribution in [2.45, 2.75) is 26.2 Å². The van der Waals surface area contributed by atoms with E-state index >= 15 is 0 Å². The zero-order valence-electron chi connectivity index (χ0n) is 51.0. The molecule has 15 aromatic rings. The monoisotopic (exact) mass is 1180 g/mol. The number of benzene rings is 12. The fraction of sp³-hybridized carbons (Fsp3) is 0.0482. The average Bonchev–Trinajstić information content (AvgIpc) is 0.884. The van der Waals surface area contributed by atoms with E-state index in [1.807, 2.05) is 30.3 Å². The van der Waals surface area contributed by atoms with E-state index in [1.54, 1.807) is 0 Å². The summed E-state index contributed by atoms with van der Waals surface area (Å²) in [5, 5.41) is 2.33. The van der Waals surface area contributed by atoms with E-state index in [-0.39, 0.29) is 12.1 Å². The van der Waals surface area contributed by atoms with Gasteiger partial charge in [0.1, 0.15) is 0 Å². The fourth-order valence-corrected chi connectivity index (χ4v) is 13.8. The Morgan fingerprint density at radius 3 is 1.36 bits per heavy atom. The Morgan fingerprint density at radius 2 is 0.761 bits per heavy atom. The molecule has 0 saturated carbocycles. The second-order valence-electron chi connectivity index (χ2n) is 24.8. The molecule has 92 heavy (non-hydrogen) atoms. The van der Waals surface area contributed by atoms with Gasteiger partial charge in [-0.05, 0) is 136 Å². The summed E-state index contributed by atoms with van der Waals surface area (Å²) in [7, 11) is 0. The Morgan fingerprint density at radius 1 is 0.293 bits per heavy atom. The first kappa shape index (κ1) is 54.4. The van der Waals surface area contributed by atoms with Crippen LogP contribution in [0.5, 0.6) is 0 Å². The Bertz CT molecular complexity index is 5170. The minimum atomic E-state index is -0.0631. The first-order chi connectivity index (χ1) is 45.3. The van der Waals surface area contributed by atoms with Crippen molar-refractivity contribution in [3.8, 4) is 84.9 Å². The van der Waals surface area contributed by atoms with Gasteiger partial charge in [-0.2, -0.15) is 0 Å². The van der Waals surface area contributed by atoms with Crippen molar-refractivity contribution in [1.82, 2.24) is 29.5 Å². The van der Waals surface area contributed by atoms with Gasteiger partial charge in [0.05, 0.1) is 28.1 Å². The molecule has 12 aromatic carbocycles. The number of rotatable bonds is 10. The molecule has 0 radical (unpaired) electrons. The summed E-state index contributed by atoms with van der Waals surface area (Å²) in [5.74, 6) is 2.18. The van der Waals surface area contributed by atoms with Crippen molar-refractivity contribution in [3.05, 3.63) is 309 Å². The largest absolute Gasteiger partial charge is 0.311 e. The van der Waals surface area contributed by atoms with Crippen molar-refractivity contribution in [2.24, 2.45) is 0 Å². The number of para-hydroxylation sites is 5. The number of nitrogens with zero attached hydrogens (tertiary/aromatic N) is 8. The highest BCUT2D eigenvalue weighted by Crippen LogP contribution is 2.47. The van der Waals surface area contributed by atoms with Gasteiger partial charge in [0.15, 0.2) is 23.3 Å². The zero-order chi connectivity index (χ0) is 61.4. The first-order valence-corrected chi connectivity index (χ1v) is 31.4. The highest BCUT2D eigenvalue weighted by molar-refractivity contribution is 7.00. The summed E-state index contributed by atoms with van der Waals surface area (Å²) in [5.41, 5.74) is 23.9. The molecular weight excluding hydrogens is 1120 g/mol. The molecule has 3 aromatic heterocycles. The van der Waals surface area contributed by atoms with Crippen LogP contribution in [0.25, 0.3) is 107 Å². The third-order valence-electron chi connectivity index (χ3n) is 18.2. The van der Waals surface area contributed by atoms with Crippen molar-refractivity contribution < 1.29 is 0 Å². The maximum absolute atomic E-state index is 5.66. The number of aromatic nitrogens is 6. The lowest BCUT2D eigenvalue weighted by atomic mass is 9.33. The summed E-state index contributed by atoms with van der Waals surface area (Å²) in [6, 6.07) is 108. The molecule has 8 nitrogen and oxygen atoms in total. The van der Waals surface area contributed by atoms with Crippen LogP contribution >= 0.6 is 0 Å². The molecule has 0 fully saturated rings. The third kappa shape index (κ3) is 9.35. The molecule has 0 amide bonds. The highest BCUT2D eigenvalue weighted by Gasteiger charge is 2.43. The molecule has 17 rings (SSSR count). The summed E-state index contributed by atoms with van der Waals surface area (Å²) in [4.78, 5) is 32.3. The summed E-state index contributed by atoms with van der Waals surface area (Å²) in [6.07, 6.45) is 0. The molecular formula is C83H59BN8. The smallest absolute Gasteiger partial charge is 0.252 e. The molecule has 2 aliphatic heterocycles. The predicted octanol–water partition coefficient (Wildman–Crippen LogP) is 18.8. The van der Waals surface area contributed by atoms with Crippen molar-refractivity contribution in [1.29, 1.82) is 0 Å². The summed E-state index contributed by atoms with van der Waals surface area (Å²) < 4.78 is 2.38. The SMILES string of the molecule is CC(C)(C)c1ccc2c(c1)c1ccccc1n2-c1ccc(-c2nc(-c3ccccc3)cc(-c3ccccc3)n2)cc1-c1nc(-c2ccccc2)nc(-c2cccc(-c3cc4c5c(c3)N(c3ccccc3)c3ccccc3B5c3ccccc3N4c3ccccc3)c2)n1. The van der Waals surface area contributed by atoms with E-state index in [0.717, 1.165) is 112 Å². The zero-order valence-corrected chi connectivity index (χ0v) is 51.0. The minimum absolute atomic E-state index is 0.00934. The molecule has 0 aliphatic carbocycles. The Hall–Kier alpha value is -11.8. The van der Waals surface area contributed by atoms with Crippen LogP contribution in [0.1, 0.15) is 26.3 Å². The second kappa shape index (κ2) is 22.0. The lowest BCUT2D eigenvalue weighted by molar-refractivity contribution is 0.591. The van der Waals surface area contributed by atoms with Gasteiger partial charge in [0.25, 0.3) is 6.71 Å². The van der Waals surface area contributed by atoms with Gasteiger partial charge in [-0.15, -0.1) is 0 Å². The molecule has 0 saturated heterocycles. The predicted molar refractivity (Wildman–Crippen MR) is 381 cm³/mol. The van der Waals surface area contributed by atoms with Crippen LogP contribution < -0.4 is 26.2 Å². The van der Waals surface area contributed by atoms with E-state index in [1.165, 1.54) is 27.3 Å². The highest BCUT2D eigenvalue weighted by atomic mass is 15.2.